The summed E-state index contributed by atoms with van der Waals surface area (Å²) in [5.74, 6) is 0. The van der Waals surface area contributed by atoms with Crippen LogP contribution in [0, 0.1) is 0 Å². The second-order valence-corrected chi connectivity index (χ2v) is 7.13. The van der Waals surface area contributed by atoms with Crippen LogP contribution in [0.4, 0.5) is 0 Å². The molecule has 0 aliphatic carbocycles. The molecule has 0 saturated heterocycles. The molecule has 3 heteroatoms. The van der Waals surface area contributed by atoms with Gasteiger partial charge in [-0.25, -0.2) is 0 Å². The van der Waals surface area contributed by atoms with Crippen LogP contribution < -0.4 is 0 Å². The van der Waals surface area contributed by atoms with E-state index in [1.165, 1.54) is 16.9 Å². The first-order valence-electron chi connectivity index (χ1n) is 5.92. The first kappa shape index (κ1) is 13.6. The van der Waals surface area contributed by atoms with E-state index in [1.807, 2.05) is 30.3 Å². The molecule has 1 N–H and O–H groups in total. The zero-order valence-electron chi connectivity index (χ0n) is 10.8. The summed E-state index contributed by atoms with van der Waals surface area (Å²) in [5.41, 5.74) is 2.14. The quantitative estimate of drug-likeness (QED) is 0.839. The van der Waals surface area contributed by atoms with E-state index < -0.39 is 6.10 Å². The fourth-order valence-electron chi connectivity index (χ4n) is 2.05. The summed E-state index contributed by atoms with van der Waals surface area (Å²) in [5, 5.41) is 10.5. The van der Waals surface area contributed by atoms with E-state index in [0.29, 0.717) is 4.34 Å². The Kier molecular flexibility index (Phi) is 3.81. The molecule has 0 fully saturated rings. The highest BCUT2D eigenvalue weighted by Crippen LogP contribution is 2.36. The molecular weight excluding hydrogens is 264 g/mol. The molecule has 2 rings (SSSR count). The van der Waals surface area contributed by atoms with E-state index in [9.17, 15) is 5.11 Å². The van der Waals surface area contributed by atoms with Crippen molar-refractivity contribution in [2.24, 2.45) is 0 Å². The summed E-state index contributed by atoms with van der Waals surface area (Å²) in [6.07, 6.45) is -0.599. The van der Waals surface area contributed by atoms with Crippen molar-refractivity contribution < 1.29 is 5.11 Å². The Morgan fingerprint density at radius 1 is 1.11 bits per heavy atom. The standard InChI is InChI=1S/C15H17ClOS/c1-15(2,3)11-7-5-4-6-10(11)14(17)12-8-9-13(16)18-12/h4-9,14,17H,1-3H3. The second kappa shape index (κ2) is 5.04. The predicted molar refractivity (Wildman–Crippen MR) is 78.5 cm³/mol. The molecule has 1 unspecified atom stereocenters. The Morgan fingerprint density at radius 2 is 1.78 bits per heavy atom. The molecule has 96 valence electrons. The van der Waals surface area contributed by atoms with Crippen LogP contribution >= 0.6 is 22.9 Å². The Bertz CT molecular complexity index is 539. The third-order valence-electron chi connectivity index (χ3n) is 2.93. The average Bonchev–Trinajstić information content (AvgIpc) is 2.74. The van der Waals surface area contributed by atoms with Crippen molar-refractivity contribution in [2.45, 2.75) is 32.3 Å². The molecule has 1 nitrogen and oxygen atoms in total. The number of thiophene rings is 1. The van der Waals surface area contributed by atoms with Gasteiger partial charge in [-0.2, -0.15) is 0 Å². The van der Waals surface area contributed by atoms with Crippen LogP contribution in [0.2, 0.25) is 4.34 Å². The van der Waals surface area contributed by atoms with E-state index in [1.54, 1.807) is 0 Å². The number of aliphatic hydroxyl groups excluding tert-OH is 1. The number of hydrogen-bond acceptors (Lipinski definition) is 2. The molecular formula is C15H17ClOS. The van der Waals surface area contributed by atoms with Crippen LogP contribution in [0.15, 0.2) is 36.4 Å². The smallest absolute Gasteiger partial charge is 0.114 e. The molecule has 18 heavy (non-hydrogen) atoms. The maximum atomic E-state index is 10.5. The minimum Gasteiger partial charge on any atom is -0.383 e. The fraction of sp³-hybridized carbons (Fsp3) is 0.333. The average molecular weight is 281 g/mol. The largest absolute Gasteiger partial charge is 0.383 e. The molecule has 0 spiro atoms. The highest BCUT2D eigenvalue weighted by molar-refractivity contribution is 7.16. The number of hydrogen-bond donors (Lipinski definition) is 1. The molecule has 0 bridgehead atoms. The van der Waals surface area contributed by atoms with Crippen molar-refractivity contribution in [3.05, 3.63) is 56.7 Å². The zero-order chi connectivity index (χ0) is 13.3. The summed E-state index contributed by atoms with van der Waals surface area (Å²) < 4.78 is 0.706. The van der Waals surface area contributed by atoms with Gasteiger partial charge in [-0.15, -0.1) is 11.3 Å². The van der Waals surface area contributed by atoms with E-state index >= 15 is 0 Å². The van der Waals surface area contributed by atoms with Gasteiger partial charge in [-0.05, 0) is 28.7 Å². The first-order chi connectivity index (χ1) is 8.39. The molecule has 1 atom stereocenters. The SMILES string of the molecule is CC(C)(C)c1ccccc1C(O)c1ccc(Cl)s1. The Hall–Kier alpha value is -0.830. The maximum absolute atomic E-state index is 10.5. The number of benzene rings is 1. The first-order valence-corrected chi connectivity index (χ1v) is 7.12. The van der Waals surface area contributed by atoms with Crippen LogP contribution in [-0.4, -0.2) is 5.11 Å². The molecule has 0 radical (unpaired) electrons. The van der Waals surface area contributed by atoms with Gasteiger partial charge in [-0.3, -0.25) is 0 Å². The zero-order valence-corrected chi connectivity index (χ0v) is 12.3. The van der Waals surface area contributed by atoms with Gasteiger partial charge in [0.05, 0.1) is 4.34 Å². The van der Waals surface area contributed by atoms with Crippen LogP contribution in [-0.2, 0) is 5.41 Å². The summed E-state index contributed by atoms with van der Waals surface area (Å²) in [6, 6.07) is 11.7. The van der Waals surface area contributed by atoms with Gasteiger partial charge in [0.15, 0.2) is 0 Å². The van der Waals surface area contributed by atoms with Crippen molar-refractivity contribution in [3.63, 3.8) is 0 Å². The van der Waals surface area contributed by atoms with Gasteiger partial charge < -0.3 is 5.11 Å². The summed E-state index contributed by atoms with van der Waals surface area (Å²) in [7, 11) is 0. The van der Waals surface area contributed by atoms with Crippen LogP contribution in [0.1, 0.15) is 42.9 Å². The lowest BCUT2D eigenvalue weighted by Crippen LogP contribution is -2.16. The molecule has 2 aromatic rings. The molecule has 0 amide bonds. The number of halogens is 1. The fourth-order valence-corrected chi connectivity index (χ4v) is 3.11. The van der Waals surface area contributed by atoms with Crippen molar-refractivity contribution in [2.75, 3.05) is 0 Å². The molecule has 1 aromatic carbocycles. The lowest BCUT2D eigenvalue weighted by molar-refractivity contribution is 0.221. The predicted octanol–water partition coefficient (Wildman–Crippen LogP) is 4.78. The van der Waals surface area contributed by atoms with Crippen LogP contribution in [0.3, 0.4) is 0 Å². The minimum atomic E-state index is -0.599. The van der Waals surface area contributed by atoms with Crippen molar-refractivity contribution in [1.29, 1.82) is 0 Å². The van der Waals surface area contributed by atoms with Gasteiger partial charge in [-0.1, -0.05) is 56.6 Å². The Morgan fingerprint density at radius 3 is 2.33 bits per heavy atom. The highest BCUT2D eigenvalue weighted by Gasteiger charge is 2.22. The highest BCUT2D eigenvalue weighted by atomic mass is 35.5. The monoisotopic (exact) mass is 280 g/mol. The normalized spacial score (nSPS) is 13.6. The summed E-state index contributed by atoms with van der Waals surface area (Å²) in [6.45, 7) is 6.46. The Balaban J connectivity index is 2.45. The summed E-state index contributed by atoms with van der Waals surface area (Å²) >= 11 is 7.35. The molecule has 0 saturated carbocycles. The lowest BCUT2D eigenvalue weighted by atomic mass is 9.82. The number of rotatable bonds is 2. The topological polar surface area (TPSA) is 20.2 Å². The van der Waals surface area contributed by atoms with E-state index in [4.69, 9.17) is 11.6 Å². The van der Waals surface area contributed by atoms with Gasteiger partial charge in [0, 0.05) is 4.88 Å². The molecule has 0 aliphatic heterocycles. The molecule has 0 aliphatic rings. The van der Waals surface area contributed by atoms with Gasteiger partial charge in [0.2, 0.25) is 0 Å². The van der Waals surface area contributed by atoms with Gasteiger partial charge >= 0.3 is 0 Å². The van der Waals surface area contributed by atoms with Crippen LogP contribution in [0.25, 0.3) is 0 Å². The van der Waals surface area contributed by atoms with Crippen molar-refractivity contribution in [1.82, 2.24) is 0 Å². The van der Waals surface area contributed by atoms with Gasteiger partial charge in [0.1, 0.15) is 6.10 Å². The molecule has 1 aromatic heterocycles. The molecule has 1 heterocycles. The van der Waals surface area contributed by atoms with E-state index in [-0.39, 0.29) is 5.41 Å². The Labute approximate surface area is 117 Å². The maximum Gasteiger partial charge on any atom is 0.114 e. The van der Waals surface area contributed by atoms with Crippen molar-refractivity contribution in [3.8, 4) is 0 Å². The lowest BCUT2D eigenvalue weighted by Gasteiger charge is -2.24. The van der Waals surface area contributed by atoms with E-state index in [2.05, 4.69) is 26.8 Å². The van der Waals surface area contributed by atoms with E-state index in [0.717, 1.165) is 10.4 Å². The van der Waals surface area contributed by atoms with Crippen molar-refractivity contribution >= 4 is 22.9 Å². The number of aliphatic hydroxyl groups is 1. The third-order valence-corrected chi connectivity index (χ3v) is 4.21. The third kappa shape index (κ3) is 2.77. The summed E-state index contributed by atoms with van der Waals surface area (Å²) in [4.78, 5) is 0.886. The van der Waals surface area contributed by atoms with Gasteiger partial charge in [0.25, 0.3) is 0 Å². The minimum absolute atomic E-state index is 0.0125. The second-order valence-electron chi connectivity index (χ2n) is 5.38. The van der Waals surface area contributed by atoms with Crippen LogP contribution in [0.5, 0.6) is 0 Å².